The SMILES string of the molecule is CCCCCCC(C)OC(=O)CCCOCCOCCOCC. The van der Waals surface area contributed by atoms with Crippen LogP contribution in [0.3, 0.4) is 0 Å². The first-order chi connectivity index (χ1) is 11.2. The van der Waals surface area contributed by atoms with Crippen molar-refractivity contribution in [2.45, 2.75) is 71.8 Å². The fourth-order valence-electron chi connectivity index (χ4n) is 2.10. The molecule has 0 radical (unpaired) electrons. The lowest BCUT2D eigenvalue weighted by Gasteiger charge is -2.13. The average Bonchev–Trinajstić information content (AvgIpc) is 2.53. The molecule has 0 rings (SSSR count). The van der Waals surface area contributed by atoms with Crippen molar-refractivity contribution in [1.29, 1.82) is 0 Å². The molecule has 0 spiro atoms. The summed E-state index contributed by atoms with van der Waals surface area (Å²) in [5.74, 6) is -0.121. The van der Waals surface area contributed by atoms with E-state index < -0.39 is 0 Å². The van der Waals surface area contributed by atoms with Crippen LogP contribution in [0.5, 0.6) is 0 Å². The Hall–Kier alpha value is -0.650. The molecule has 5 nitrogen and oxygen atoms in total. The molecule has 1 atom stereocenters. The molecule has 138 valence electrons. The topological polar surface area (TPSA) is 54.0 Å². The fourth-order valence-corrected chi connectivity index (χ4v) is 2.10. The molecule has 0 aromatic heterocycles. The molecule has 0 saturated carbocycles. The number of carbonyl (C=O) groups is 1. The third kappa shape index (κ3) is 17.5. The van der Waals surface area contributed by atoms with E-state index in [1.807, 2.05) is 13.8 Å². The molecule has 23 heavy (non-hydrogen) atoms. The maximum absolute atomic E-state index is 11.7. The number of hydrogen-bond acceptors (Lipinski definition) is 5. The number of rotatable bonds is 17. The maximum Gasteiger partial charge on any atom is 0.306 e. The van der Waals surface area contributed by atoms with E-state index in [-0.39, 0.29) is 12.1 Å². The third-order valence-corrected chi connectivity index (χ3v) is 3.41. The van der Waals surface area contributed by atoms with Crippen LogP contribution in [0.2, 0.25) is 0 Å². The highest BCUT2D eigenvalue weighted by atomic mass is 16.5. The van der Waals surface area contributed by atoms with E-state index in [9.17, 15) is 4.79 Å². The fraction of sp³-hybridized carbons (Fsp3) is 0.944. The van der Waals surface area contributed by atoms with Gasteiger partial charge in [0.15, 0.2) is 0 Å². The number of carbonyl (C=O) groups excluding carboxylic acids is 1. The Balaban J connectivity index is 3.29. The Bertz CT molecular complexity index is 258. The molecule has 0 saturated heterocycles. The smallest absolute Gasteiger partial charge is 0.306 e. The Kier molecular flexibility index (Phi) is 17.2. The summed E-state index contributed by atoms with van der Waals surface area (Å²) in [6.45, 7) is 9.74. The lowest BCUT2D eigenvalue weighted by atomic mass is 10.1. The second-order valence-corrected chi connectivity index (χ2v) is 5.68. The standard InChI is InChI=1S/C18H36O5/c1-4-6-7-8-10-17(3)23-18(19)11-9-12-21-15-16-22-14-13-20-5-2/h17H,4-16H2,1-3H3. The van der Waals surface area contributed by atoms with E-state index in [4.69, 9.17) is 18.9 Å². The molecule has 0 aliphatic carbocycles. The highest BCUT2D eigenvalue weighted by Crippen LogP contribution is 2.09. The molecule has 0 bridgehead atoms. The van der Waals surface area contributed by atoms with Gasteiger partial charge in [-0.3, -0.25) is 4.79 Å². The van der Waals surface area contributed by atoms with Crippen LogP contribution >= 0.6 is 0 Å². The van der Waals surface area contributed by atoms with Gasteiger partial charge in [-0.05, 0) is 33.1 Å². The normalized spacial score (nSPS) is 12.3. The van der Waals surface area contributed by atoms with Gasteiger partial charge in [-0.25, -0.2) is 0 Å². The number of unbranched alkanes of at least 4 members (excludes halogenated alkanes) is 3. The number of ether oxygens (including phenoxy) is 4. The molecule has 0 N–H and O–H groups in total. The first kappa shape index (κ1) is 22.4. The van der Waals surface area contributed by atoms with Crippen molar-refractivity contribution in [1.82, 2.24) is 0 Å². The summed E-state index contributed by atoms with van der Waals surface area (Å²) >= 11 is 0. The molecule has 0 aromatic rings. The van der Waals surface area contributed by atoms with Crippen LogP contribution in [0.4, 0.5) is 0 Å². The lowest BCUT2D eigenvalue weighted by molar-refractivity contribution is -0.149. The van der Waals surface area contributed by atoms with Crippen molar-refractivity contribution in [3.05, 3.63) is 0 Å². The Labute approximate surface area is 142 Å². The summed E-state index contributed by atoms with van der Waals surface area (Å²) < 4.78 is 21.3. The van der Waals surface area contributed by atoms with Crippen molar-refractivity contribution in [2.75, 3.05) is 39.6 Å². The van der Waals surface area contributed by atoms with E-state index in [1.54, 1.807) is 0 Å². The maximum atomic E-state index is 11.7. The van der Waals surface area contributed by atoms with Gasteiger partial charge in [0.2, 0.25) is 0 Å². The first-order valence-corrected chi connectivity index (χ1v) is 9.13. The van der Waals surface area contributed by atoms with Crippen LogP contribution in [0.15, 0.2) is 0 Å². The quantitative estimate of drug-likeness (QED) is 0.300. The van der Waals surface area contributed by atoms with Gasteiger partial charge in [0, 0.05) is 19.6 Å². The Morgan fingerprint density at radius 2 is 1.48 bits per heavy atom. The second-order valence-electron chi connectivity index (χ2n) is 5.68. The molecule has 0 fully saturated rings. The van der Waals surface area contributed by atoms with Gasteiger partial charge in [0.1, 0.15) is 0 Å². The Morgan fingerprint density at radius 3 is 2.13 bits per heavy atom. The molecule has 0 heterocycles. The van der Waals surface area contributed by atoms with E-state index in [0.717, 1.165) is 12.8 Å². The highest BCUT2D eigenvalue weighted by molar-refractivity contribution is 5.69. The molecule has 0 amide bonds. The second kappa shape index (κ2) is 17.7. The molecule has 1 unspecified atom stereocenters. The highest BCUT2D eigenvalue weighted by Gasteiger charge is 2.08. The predicted octanol–water partition coefficient (Wildman–Crippen LogP) is 3.74. The van der Waals surface area contributed by atoms with E-state index in [2.05, 4.69) is 6.92 Å². The van der Waals surface area contributed by atoms with Crippen LogP contribution in [-0.2, 0) is 23.7 Å². The van der Waals surface area contributed by atoms with Gasteiger partial charge < -0.3 is 18.9 Å². The largest absolute Gasteiger partial charge is 0.463 e. The summed E-state index contributed by atoms with van der Waals surface area (Å²) in [5, 5.41) is 0. The monoisotopic (exact) mass is 332 g/mol. The lowest BCUT2D eigenvalue weighted by Crippen LogP contribution is -2.15. The summed E-state index contributed by atoms with van der Waals surface area (Å²) in [5.41, 5.74) is 0. The zero-order chi connectivity index (χ0) is 17.2. The van der Waals surface area contributed by atoms with Gasteiger partial charge in [-0.15, -0.1) is 0 Å². The van der Waals surface area contributed by atoms with Gasteiger partial charge in [-0.2, -0.15) is 0 Å². The van der Waals surface area contributed by atoms with Crippen molar-refractivity contribution >= 4 is 5.97 Å². The van der Waals surface area contributed by atoms with Gasteiger partial charge in [0.25, 0.3) is 0 Å². The van der Waals surface area contributed by atoms with Crippen molar-refractivity contribution in [2.24, 2.45) is 0 Å². The minimum atomic E-state index is -0.121. The molecular formula is C18H36O5. The molecule has 0 aliphatic rings. The van der Waals surface area contributed by atoms with Crippen molar-refractivity contribution in [3.8, 4) is 0 Å². The first-order valence-electron chi connectivity index (χ1n) is 9.13. The van der Waals surface area contributed by atoms with Crippen molar-refractivity contribution in [3.63, 3.8) is 0 Å². The number of esters is 1. The van der Waals surface area contributed by atoms with Crippen LogP contribution in [0.1, 0.15) is 65.7 Å². The van der Waals surface area contributed by atoms with Gasteiger partial charge >= 0.3 is 5.97 Å². The van der Waals surface area contributed by atoms with Crippen LogP contribution in [0, 0.1) is 0 Å². The van der Waals surface area contributed by atoms with Gasteiger partial charge in [0.05, 0.1) is 32.5 Å². The van der Waals surface area contributed by atoms with Crippen LogP contribution in [-0.4, -0.2) is 51.7 Å². The molecule has 5 heteroatoms. The van der Waals surface area contributed by atoms with E-state index in [1.165, 1.54) is 19.3 Å². The van der Waals surface area contributed by atoms with Gasteiger partial charge in [-0.1, -0.05) is 26.2 Å². The summed E-state index contributed by atoms with van der Waals surface area (Å²) in [6, 6.07) is 0. The molecule has 0 aliphatic heterocycles. The molecule has 0 aromatic carbocycles. The van der Waals surface area contributed by atoms with E-state index >= 15 is 0 Å². The minimum absolute atomic E-state index is 0.0269. The summed E-state index contributed by atoms with van der Waals surface area (Å²) in [7, 11) is 0. The zero-order valence-electron chi connectivity index (χ0n) is 15.3. The summed E-state index contributed by atoms with van der Waals surface area (Å²) in [4.78, 5) is 11.7. The van der Waals surface area contributed by atoms with Crippen LogP contribution < -0.4 is 0 Å². The predicted molar refractivity (Wildman–Crippen MR) is 91.7 cm³/mol. The van der Waals surface area contributed by atoms with Crippen LogP contribution in [0.25, 0.3) is 0 Å². The average molecular weight is 332 g/mol. The molecular weight excluding hydrogens is 296 g/mol. The number of hydrogen-bond donors (Lipinski definition) is 0. The third-order valence-electron chi connectivity index (χ3n) is 3.41. The Morgan fingerprint density at radius 1 is 0.826 bits per heavy atom. The van der Waals surface area contributed by atoms with E-state index in [0.29, 0.717) is 52.5 Å². The summed E-state index contributed by atoms with van der Waals surface area (Å²) in [6.07, 6.45) is 6.94. The van der Waals surface area contributed by atoms with Crippen molar-refractivity contribution < 1.29 is 23.7 Å². The zero-order valence-corrected chi connectivity index (χ0v) is 15.3. The minimum Gasteiger partial charge on any atom is -0.463 e.